The fourth-order valence-corrected chi connectivity index (χ4v) is 3.53. The number of carbonyl (C=O) groups excluding carboxylic acids is 2. The van der Waals surface area contributed by atoms with Crippen LogP contribution in [0.5, 0.6) is 0 Å². The molecule has 0 bridgehead atoms. The van der Waals surface area contributed by atoms with E-state index in [0.717, 1.165) is 24.8 Å². The lowest BCUT2D eigenvalue weighted by Crippen LogP contribution is -2.38. The van der Waals surface area contributed by atoms with Gasteiger partial charge < -0.3 is 19.4 Å². The maximum atomic E-state index is 13.2. The molecule has 0 saturated carbocycles. The zero-order valence-corrected chi connectivity index (χ0v) is 21.8. The summed E-state index contributed by atoms with van der Waals surface area (Å²) in [4.78, 5) is 40.6. The molecule has 194 valence electrons. The molecule has 2 heterocycles. The third kappa shape index (κ3) is 7.40. The van der Waals surface area contributed by atoms with E-state index < -0.39 is 17.7 Å². The van der Waals surface area contributed by atoms with Crippen molar-refractivity contribution in [1.82, 2.24) is 19.5 Å². The molecule has 0 fully saturated rings. The number of nitrogens with zero attached hydrogens (tertiary/aromatic N) is 5. The Morgan fingerprint density at radius 2 is 1.83 bits per heavy atom. The van der Waals surface area contributed by atoms with Gasteiger partial charge in [0.15, 0.2) is 17.0 Å². The van der Waals surface area contributed by atoms with Crippen LogP contribution in [0.25, 0.3) is 11.2 Å². The Labute approximate surface area is 212 Å². The van der Waals surface area contributed by atoms with E-state index in [1.54, 1.807) is 11.5 Å². The summed E-state index contributed by atoms with van der Waals surface area (Å²) in [5, 5.41) is 3.32. The maximum Gasteiger partial charge on any atom is 0.417 e. The molecule has 36 heavy (non-hydrogen) atoms. The standard InChI is InChI=1S/C26H36N6O4/c1-6-8-12-15-32(25(34)36-26(3,4)5)24-29-22(27-16-19-13-10-9-11-14-19)21-23(30-24)31(18-28-21)17-20(33)35-7-2/h9-11,13-14,18H,6-8,12,15-17H2,1-5H3,(H,27,29,30). The summed E-state index contributed by atoms with van der Waals surface area (Å²) in [5.41, 5.74) is 1.30. The zero-order valence-electron chi connectivity index (χ0n) is 21.8. The van der Waals surface area contributed by atoms with Crippen molar-refractivity contribution in [2.75, 3.05) is 23.4 Å². The van der Waals surface area contributed by atoms with Gasteiger partial charge in [0.2, 0.25) is 5.95 Å². The minimum atomic E-state index is -0.676. The summed E-state index contributed by atoms with van der Waals surface area (Å²) in [6.07, 6.45) is 3.72. The van der Waals surface area contributed by atoms with E-state index in [1.807, 2.05) is 51.1 Å². The van der Waals surface area contributed by atoms with E-state index in [0.29, 0.717) is 30.1 Å². The van der Waals surface area contributed by atoms with Crippen LogP contribution in [0, 0.1) is 0 Å². The molecule has 0 atom stereocenters. The Morgan fingerprint density at radius 1 is 1.08 bits per heavy atom. The second kappa shape index (κ2) is 12.3. The third-order valence-electron chi connectivity index (χ3n) is 5.20. The van der Waals surface area contributed by atoms with Gasteiger partial charge in [0.05, 0.1) is 12.9 Å². The number of nitrogens with one attached hydrogen (secondary N) is 1. The maximum absolute atomic E-state index is 13.2. The predicted molar refractivity (Wildman–Crippen MR) is 139 cm³/mol. The van der Waals surface area contributed by atoms with Crippen LogP contribution in [-0.2, 0) is 27.4 Å². The van der Waals surface area contributed by atoms with E-state index in [9.17, 15) is 9.59 Å². The smallest absolute Gasteiger partial charge is 0.417 e. The number of aromatic nitrogens is 4. The largest absolute Gasteiger partial charge is 0.465 e. The van der Waals surface area contributed by atoms with Gasteiger partial charge in [-0.25, -0.2) is 14.7 Å². The molecule has 2 aromatic heterocycles. The number of anilines is 2. The minimum absolute atomic E-state index is 0.0544. The molecule has 0 radical (unpaired) electrons. The number of unbranched alkanes of at least 4 members (excludes halogenated alkanes) is 2. The number of benzene rings is 1. The summed E-state index contributed by atoms with van der Waals surface area (Å²) >= 11 is 0. The summed E-state index contributed by atoms with van der Waals surface area (Å²) in [7, 11) is 0. The van der Waals surface area contributed by atoms with E-state index in [2.05, 4.69) is 27.2 Å². The van der Waals surface area contributed by atoms with E-state index in [-0.39, 0.29) is 19.1 Å². The molecule has 0 aliphatic rings. The normalized spacial score (nSPS) is 11.4. The van der Waals surface area contributed by atoms with Crippen LogP contribution >= 0.6 is 0 Å². The fraction of sp³-hybridized carbons (Fsp3) is 0.500. The van der Waals surface area contributed by atoms with Gasteiger partial charge in [-0.1, -0.05) is 50.1 Å². The zero-order chi connectivity index (χ0) is 26.1. The number of amides is 1. The molecule has 1 N–H and O–H groups in total. The molecular weight excluding hydrogens is 460 g/mol. The lowest BCUT2D eigenvalue weighted by molar-refractivity contribution is -0.143. The average molecular weight is 497 g/mol. The van der Waals surface area contributed by atoms with Crippen molar-refractivity contribution < 1.29 is 19.1 Å². The van der Waals surface area contributed by atoms with Crippen molar-refractivity contribution in [1.29, 1.82) is 0 Å². The number of hydrogen-bond acceptors (Lipinski definition) is 8. The van der Waals surface area contributed by atoms with Crippen molar-refractivity contribution in [3.05, 3.63) is 42.2 Å². The third-order valence-corrected chi connectivity index (χ3v) is 5.20. The van der Waals surface area contributed by atoms with Crippen LogP contribution in [0.2, 0.25) is 0 Å². The van der Waals surface area contributed by atoms with Gasteiger partial charge in [-0.3, -0.25) is 4.79 Å². The molecule has 0 spiro atoms. The molecule has 0 aliphatic carbocycles. The topological polar surface area (TPSA) is 111 Å². The molecule has 1 aromatic carbocycles. The lowest BCUT2D eigenvalue weighted by Gasteiger charge is -2.26. The Morgan fingerprint density at radius 3 is 2.50 bits per heavy atom. The fourth-order valence-electron chi connectivity index (χ4n) is 3.53. The number of rotatable bonds is 11. The summed E-state index contributed by atoms with van der Waals surface area (Å²) in [6.45, 7) is 10.4. The first-order valence-electron chi connectivity index (χ1n) is 12.4. The highest BCUT2D eigenvalue weighted by Gasteiger charge is 2.27. The van der Waals surface area contributed by atoms with Crippen molar-refractivity contribution in [3.8, 4) is 0 Å². The van der Waals surface area contributed by atoms with Gasteiger partial charge in [0.25, 0.3) is 0 Å². The SMILES string of the molecule is CCCCCN(C(=O)OC(C)(C)C)c1nc(NCc2ccccc2)c2ncn(CC(=O)OCC)c2n1. The van der Waals surface area contributed by atoms with Gasteiger partial charge >= 0.3 is 12.1 Å². The first-order chi connectivity index (χ1) is 17.2. The first-order valence-corrected chi connectivity index (χ1v) is 12.4. The van der Waals surface area contributed by atoms with Crippen LogP contribution in [-0.4, -0.2) is 50.3 Å². The number of ether oxygens (including phenoxy) is 2. The molecule has 1 amide bonds. The number of fused-ring (bicyclic) bond motifs is 1. The minimum Gasteiger partial charge on any atom is -0.465 e. The lowest BCUT2D eigenvalue weighted by atomic mass is 10.2. The van der Waals surface area contributed by atoms with Crippen molar-refractivity contribution in [2.24, 2.45) is 0 Å². The quantitative estimate of drug-likeness (QED) is 0.294. The molecule has 10 nitrogen and oxygen atoms in total. The van der Waals surface area contributed by atoms with E-state index >= 15 is 0 Å². The highest BCUT2D eigenvalue weighted by molar-refractivity contribution is 5.90. The summed E-state index contributed by atoms with van der Waals surface area (Å²) in [5.74, 6) is 0.252. The predicted octanol–water partition coefficient (Wildman–Crippen LogP) is 4.93. The Hall–Kier alpha value is -3.69. The number of imidazole rings is 1. The second-order valence-electron chi connectivity index (χ2n) is 9.40. The van der Waals surface area contributed by atoms with Crippen molar-refractivity contribution in [3.63, 3.8) is 0 Å². The van der Waals surface area contributed by atoms with Crippen LogP contribution in [0.4, 0.5) is 16.6 Å². The molecule has 0 unspecified atom stereocenters. The second-order valence-corrected chi connectivity index (χ2v) is 9.40. The number of carbonyl (C=O) groups is 2. The van der Waals surface area contributed by atoms with E-state index in [4.69, 9.17) is 9.47 Å². The highest BCUT2D eigenvalue weighted by atomic mass is 16.6. The van der Waals surface area contributed by atoms with E-state index in [1.165, 1.54) is 11.2 Å². The molecule has 0 saturated heterocycles. The number of hydrogen-bond donors (Lipinski definition) is 1. The molecule has 3 aromatic rings. The first kappa shape index (κ1) is 26.9. The van der Waals surface area contributed by atoms with Gasteiger partial charge in [-0.2, -0.15) is 9.97 Å². The highest BCUT2D eigenvalue weighted by Crippen LogP contribution is 2.25. The van der Waals surface area contributed by atoms with Crippen LogP contribution < -0.4 is 10.2 Å². The Kier molecular flexibility index (Phi) is 9.21. The number of esters is 1. The van der Waals surface area contributed by atoms with Crippen molar-refractivity contribution >= 4 is 35.0 Å². The molecule has 3 rings (SSSR count). The molecular formula is C26H36N6O4. The van der Waals surface area contributed by atoms with Gasteiger partial charge in [0.1, 0.15) is 12.1 Å². The van der Waals surface area contributed by atoms with Gasteiger partial charge in [-0.05, 0) is 39.7 Å². The monoisotopic (exact) mass is 496 g/mol. The van der Waals surface area contributed by atoms with Crippen molar-refractivity contribution in [2.45, 2.75) is 72.6 Å². The molecule has 0 aliphatic heterocycles. The summed E-state index contributed by atoms with van der Waals surface area (Å²) < 4.78 is 12.4. The summed E-state index contributed by atoms with van der Waals surface area (Å²) in [6, 6.07) is 9.89. The Balaban J connectivity index is 2.04. The van der Waals surface area contributed by atoms with Gasteiger partial charge in [-0.15, -0.1) is 0 Å². The van der Waals surface area contributed by atoms with Crippen LogP contribution in [0.15, 0.2) is 36.7 Å². The van der Waals surface area contributed by atoms with Gasteiger partial charge in [0, 0.05) is 13.1 Å². The van der Waals surface area contributed by atoms with Crippen LogP contribution in [0.1, 0.15) is 59.4 Å². The molecule has 10 heteroatoms. The average Bonchev–Trinajstić information content (AvgIpc) is 3.22. The Bertz CT molecular complexity index is 1160. The van der Waals surface area contributed by atoms with Crippen LogP contribution in [0.3, 0.4) is 0 Å².